The number of anilines is 2. The minimum Gasteiger partial charge on any atom is -0.481 e. The van der Waals surface area contributed by atoms with Gasteiger partial charge >= 0.3 is 5.97 Å². The highest BCUT2D eigenvalue weighted by Crippen LogP contribution is 2.33. The lowest BCUT2D eigenvalue weighted by Gasteiger charge is -2.29. The van der Waals surface area contributed by atoms with E-state index < -0.39 is 29.9 Å². The molecule has 6 N–H and O–H groups in total. The first-order valence-corrected chi connectivity index (χ1v) is 15.0. The number of carboxylic acid groups (broad SMARTS) is 1. The molecule has 2 fully saturated rings. The summed E-state index contributed by atoms with van der Waals surface area (Å²) in [5.74, 6) is 0.972. The maximum atomic E-state index is 12.6. The fourth-order valence-corrected chi connectivity index (χ4v) is 5.69. The summed E-state index contributed by atoms with van der Waals surface area (Å²) in [6, 6.07) is 8.90. The Morgan fingerprint density at radius 3 is 1.73 bits per heavy atom. The van der Waals surface area contributed by atoms with Crippen molar-refractivity contribution in [2.24, 2.45) is 0 Å². The van der Waals surface area contributed by atoms with Crippen LogP contribution < -0.4 is 21.7 Å². The normalized spacial score (nSPS) is 19.1. The van der Waals surface area contributed by atoms with Crippen molar-refractivity contribution in [1.82, 2.24) is 20.4 Å². The van der Waals surface area contributed by atoms with Crippen LogP contribution in [0, 0.1) is 24.7 Å². The summed E-state index contributed by atoms with van der Waals surface area (Å²) in [7, 11) is 0. The van der Waals surface area contributed by atoms with E-state index in [2.05, 4.69) is 28.3 Å². The summed E-state index contributed by atoms with van der Waals surface area (Å²) in [6.07, 6.45) is 10.6. The lowest BCUT2D eigenvalue weighted by atomic mass is 10.0. The van der Waals surface area contributed by atoms with Gasteiger partial charge in [-0.1, -0.05) is 24.0 Å². The van der Waals surface area contributed by atoms with Crippen LogP contribution in [0.1, 0.15) is 70.4 Å². The van der Waals surface area contributed by atoms with Crippen molar-refractivity contribution in [3.8, 4) is 24.7 Å². The second-order valence-corrected chi connectivity index (χ2v) is 11.2. The van der Waals surface area contributed by atoms with Gasteiger partial charge in [0.2, 0.25) is 29.5 Å². The molecule has 7 amide bonds. The molecule has 0 saturated carbocycles. The average molecular weight is 669 g/mol. The number of carbonyl (C=O) groups is 8. The Bertz CT molecular complexity index is 1840. The summed E-state index contributed by atoms with van der Waals surface area (Å²) in [5.41, 5.74) is 9.32. The van der Waals surface area contributed by atoms with Crippen LogP contribution in [0.4, 0.5) is 11.4 Å². The molecule has 4 aliphatic rings. The van der Waals surface area contributed by atoms with Crippen molar-refractivity contribution in [3.05, 3.63) is 58.7 Å². The zero-order valence-electron chi connectivity index (χ0n) is 26.1. The number of imide groups is 2. The molecule has 2 saturated heterocycles. The number of nitrogens with two attached hydrogens (primary N) is 1. The highest BCUT2D eigenvalue weighted by atomic mass is 16.4. The molecule has 0 bridgehead atoms. The average Bonchev–Trinajstić information content (AvgIpc) is 3.56. The number of hydrogen-bond donors (Lipinski definition) is 5. The van der Waals surface area contributed by atoms with Crippen molar-refractivity contribution in [2.45, 2.75) is 63.7 Å². The fraction of sp³-hybridized carbons (Fsp3) is 0.294. The number of hydrogen-bond acceptors (Lipinski definition) is 9. The molecule has 4 heterocycles. The molecular formula is C34H32N6O9. The molecule has 0 radical (unpaired) electrons. The minimum absolute atomic E-state index is 0.0610. The van der Waals surface area contributed by atoms with Gasteiger partial charge in [-0.15, -0.1) is 12.8 Å². The monoisotopic (exact) mass is 668 g/mol. The van der Waals surface area contributed by atoms with Gasteiger partial charge in [-0.3, -0.25) is 49.0 Å². The van der Waals surface area contributed by atoms with E-state index in [1.54, 1.807) is 36.4 Å². The number of nitrogens with zero attached hydrogens (tertiary/aromatic N) is 2. The number of carbonyl (C=O) groups excluding carboxylic acids is 7. The van der Waals surface area contributed by atoms with Crippen molar-refractivity contribution in [1.29, 1.82) is 0 Å². The van der Waals surface area contributed by atoms with Crippen LogP contribution in [-0.4, -0.2) is 74.3 Å². The van der Waals surface area contributed by atoms with Gasteiger partial charge in [0.1, 0.15) is 18.5 Å². The van der Waals surface area contributed by atoms with E-state index in [-0.39, 0.29) is 61.8 Å². The van der Waals surface area contributed by atoms with Gasteiger partial charge in [0.15, 0.2) is 0 Å². The second-order valence-electron chi connectivity index (χ2n) is 11.2. The van der Waals surface area contributed by atoms with E-state index in [1.165, 1.54) is 9.80 Å². The largest absolute Gasteiger partial charge is 0.481 e. The number of terminal acetylenes is 2. The Balaban J connectivity index is 0.000000193. The number of aliphatic carboxylic acids is 1. The molecule has 2 aromatic rings. The Hall–Kier alpha value is -6.48. The molecule has 0 spiro atoms. The van der Waals surface area contributed by atoms with E-state index in [0.717, 1.165) is 5.56 Å². The number of carboxylic acids is 1. The van der Waals surface area contributed by atoms with Crippen LogP contribution in [0.25, 0.3) is 0 Å². The zero-order valence-corrected chi connectivity index (χ0v) is 26.1. The van der Waals surface area contributed by atoms with Crippen molar-refractivity contribution in [2.75, 3.05) is 11.1 Å². The zero-order chi connectivity index (χ0) is 35.8. The van der Waals surface area contributed by atoms with Crippen LogP contribution >= 0.6 is 0 Å². The van der Waals surface area contributed by atoms with Gasteiger partial charge in [-0.05, 0) is 37.1 Å². The Labute approximate surface area is 280 Å². The Morgan fingerprint density at radius 2 is 1.29 bits per heavy atom. The van der Waals surface area contributed by atoms with Gasteiger partial charge in [0.25, 0.3) is 11.8 Å². The lowest BCUT2D eigenvalue weighted by Crippen LogP contribution is -2.52. The van der Waals surface area contributed by atoms with Crippen LogP contribution in [0.3, 0.4) is 0 Å². The molecule has 2 unspecified atom stereocenters. The molecule has 6 rings (SSSR count). The number of nitrogens with one attached hydrogen (secondary N) is 3. The number of amides is 7. The summed E-state index contributed by atoms with van der Waals surface area (Å²) in [4.78, 5) is 95.2. The Morgan fingerprint density at radius 1 is 0.796 bits per heavy atom. The van der Waals surface area contributed by atoms with Crippen molar-refractivity contribution < 1.29 is 43.5 Å². The van der Waals surface area contributed by atoms with Crippen LogP contribution in [0.5, 0.6) is 0 Å². The van der Waals surface area contributed by atoms with Gasteiger partial charge in [0.05, 0.1) is 6.42 Å². The number of benzene rings is 2. The molecule has 49 heavy (non-hydrogen) atoms. The minimum atomic E-state index is -0.947. The third-order valence-electron chi connectivity index (χ3n) is 7.99. The topological polar surface area (TPSA) is 225 Å². The maximum Gasteiger partial charge on any atom is 0.315 e. The molecular weight excluding hydrogens is 636 g/mol. The first-order valence-electron chi connectivity index (χ1n) is 15.0. The third-order valence-corrected chi connectivity index (χ3v) is 7.99. The summed E-state index contributed by atoms with van der Waals surface area (Å²) in [6.45, 7) is 0.528. The third kappa shape index (κ3) is 8.09. The summed E-state index contributed by atoms with van der Waals surface area (Å²) >= 11 is 0. The molecule has 0 aliphatic carbocycles. The van der Waals surface area contributed by atoms with Gasteiger partial charge in [-0.2, -0.15) is 0 Å². The molecule has 2 aromatic carbocycles. The van der Waals surface area contributed by atoms with E-state index >= 15 is 0 Å². The molecule has 4 aliphatic heterocycles. The SMILES string of the molecule is C#CCC(=O)Nc1cccc2c1CN(C1CCC(=O)NC1=O)C2=O.C#CCC(=O)O.Nc1cccc2c1CN(C1CCC(=O)NC1=O)C2=O. The first-order chi connectivity index (χ1) is 23.4. The fourth-order valence-electron chi connectivity index (χ4n) is 5.69. The number of nitrogen functional groups attached to an aromatic ring is 1. The summed E-state index contributed by atoms with van der Waals surface area (Å²) in [5, 5.41) is 15.0. The molecule has 15 heteroatoms. The van der Waals surface area contributed by atoms with E-state index in [0.29, 0.717) is 47.5 Å². The van der Waals surface area contributed by atoms with Crippen LogP contribution in [-0.2, 0) is 41.9 Å². The quantitative estimate of drug-likeness (QED) is 0.169. The smallest absolute Gasteiger partial charge is 0.315 e. The highest BCUT2D eigenvalue weighted by Gasteiger charge is 2.41. The van der Waals surface area contributed by atoms with E-state index in [9.17, 15) is 38.4 Å². The maximum absolute atomic E-state index is 12.6. The number of piperidine rings is 2. The lowest BCUT2D eigenvalue weighted by molar-refractivity contribution is -0.138. The predicted octanol–water partition coefficient (Wildman–Crippen LogP) is 0.534. The molecule has 15 nitrogen and oxygen atoms in total. The molecule has 0 aromatic heterocycles. The molecule has 2 atom stereocenters. The molecule has 252 valence electrons. The van der Waals surface area contributed by atoms with Crippen molar-refractivity contribution in [3.63, 3.8) is 0 Å². The van der Waals surface area contributed by atoms with Crippen LogP contribution in [0.15, 0.2) is 36.4 Å². The predicted molar refractivity (Wildman–Crippen MR) is 173 cm³/mol. The summed E-state index contributed by atoms with van der Waals surface area (Å²) < 4.78 is 0. The number of fused-ring (bicyclic) bond motifs is 2. The van der Waals surface area contributed by atoms with E-state index in [4.69, 9.17) is 17.3 Å². The standard InChI is InChI=1S/C17H15N3O4.C13H13N3O3.C4H4O2/c1-2-4-14(21)18-12-6-3-5-10-11(12)9-20(17(10)24)13-7-8-15(22)19-16(13)23;14-9-3-1-2-7-8(9)6-16(13(7)19)10-4-5-11(17)15-12(10)18;1-2-3-4(5)6/h1,3,5-6,13H,4,7-9H2,(H,18,21)(H,19,22,23);1-3,10H,4-6,14H2,(H,15,17,18);1H,3H2,(H,5,6). The highest BCUT2D eigenvalue weighted by molar-refractivity contribution is 6.07. The van der Waals surface area contributed by atoms with Gasteiger partial charge in [-0.25, -0.2) is 0 Å². The van der Waals surface area contributed by atoms with E-state index in [1.807, 2.05) is 5.92 Å². The first kappa shape index (κ1) is 35.4. The Kier molecular flexibility index (Phi) is 11.1. The van der Waals surface area contributed by atoms with Crippen molar-refractivity contribution >= 4 is 58.7 Å². The van der Waals surface area contributed by atoms with Gasteiger partial charge in [0, 0.05) is 59.6 Å². The number of rotatable bonds is 5. The van der Waals surface area contributed by atoms with Crippen LogP contribution in [0.2, 0.25) is 0 Å². The van der Waals surface area contributed by atoms with Gasteiger partial charge < -0.3 is 26.0 Å². The second kappa shape index (κ2) is 15.4.